The van der Waals surface area contributed by atoms with Gasteiger partial charge in [0, 0.05) is 12.5 Å². The van der Waals surface area contributed by atoms with E-state index in [2.05, 4.69) is 0 Å². The summed E-state index contributed by atoms with van der Waals surface area (Å²) < 4.78 is 5.23. The van der Waals surface area contributed by atoms with Crippen molar-refractivity contribution in [3.05, 3.63) is 0 Å². The summed E-state index contributed by atoms with van der Waals surface area (Å²) in [6.45, 7) is 1.85. The topological polar surface area (TPSA) is 72.6 Å². The van der Waals surface area contributed by atoms with Crippen LogP contribution in [-0.4, -0.2) is 48.9 Å². The van der Waals surface area contributed by atoms with Crippen LogP contribution in [-0.2, 0) is 14.3 Å². The molecule has 2 N–H and O–H groups in total. The second-order valence-electron chi connectivity index (χ2n) is 4.91. The Bertz CT molecular complexity index is 300. The van der Waals surface area contributed by atoms with Crippen LogP contribution < -0.4 is 5.73 Å². The number of morpholine rings is 1. The predicted molar refractivity (Wildman–Crippen MR) is 62.3 cm³/mol. The molecule has 5 heteroatoms. The van der Waals surface area contributed by atoms with Gasteiger partial charge < -0.3 is 10.5 Å². The average Bonchev–Trinajstić information content (AvgIpc) is 2.83. The molecule has 17 heavy (non-hydrogen) atoms. The van der Waals surface area contributed by atoms with Crippen LogP contribution in [0.4, 0.5) is 0 Å². The van der Waals surface area contributed by atoms with Crippen LogP contribution in [0.1, 0.15) is 25.7 Å². The Labute approximate surface area is 101 Å². The van der Waals surface area contributed by atoms with Gasteiger partial charge in [0.25, 0.3) is 0 Å². The average molecular weight is 240 g/mol. The molecule has 0 aromatic heterocycles. The number of hydrogen-bond donors (Lipinski definition) is 1. The minimum atomic E-state index is -0.436. The minimum absolute atomic E-state index is 0.200. The number of hydrogen-bond acceptors (Lipinski definition) is 4. The first kappa shape index (κ1) is 12.5. The molecule has 0 bridgehead atoms. The van der Waals surface area contributed by atoms with Crippen molar-refractivity contribution in [1.82, 2.24) is 4.90 Å². The summed E-state index contributed by atoms with van der Waals surface area (Å²) in [5.41, 5.74) is 5.31. The standard InChI is InChI=1S/C12H20N2O3/c13-12(16)10-8-17-6-5-14(10)7-11(15)9-3-1-2-4-9/h9-10H,1-8H2,(H2,13,16). The molecule has 5 nitrogen and oxygen atoms in total. The van der Waals surface area contributed by atoms with Gasteiger partial charge in [0.15, 0.2) is 0 Å². The fourth-order valence-corrected chi connectivity index (χ4v) is 2.67. The molecule has 96 valence electrons. The molecule has 1 aliphatic heterocycles. The van der Waals surface area contributed by atoms with E-state index in [-0.39, 0.29) is 11.7 Å². The monoisotopic (exact) mass is 240 g/mol. The van der Waals surface area contributed by atoms with E-state index in [9.17, 15) is 9.59 Å². The number of amides is 1. The molecule has 0 spiro atoms. The highest BCUT2D eigenvalue weighted by Gasteiger charge is 2.31. The first-order valence-electron chi connectivity index (χ1n) is 6.32. The first-order valence-corrected chi connectivity index (χ1v) is 6.32. The van der Waals surface area contributed by atoms with E-state index < -0.39 is 11.9 Å². The zero-order chi connectivity index (χ0) is 12.3. The van der Waals surface area contributed by atoms with Crippen LogP contribution in [0.2, 0.25) is 0 Å². The van der Waals surface area contributed by atoms with Gasteiger partial charge in [-0.3, -0.25) is 14.5 Å². The van der Waals surface area contributed by atoms with Gasteiger partial charge in [0.05, 0.1) is 19.8 Å². The van der Waals surface area contributed by atoms with Crippen LogP contribution >= 0.6 is 0 Å². The number of rotatable bonds is 4. The maximum atomic E-state index is 12.0. The summed E-state index contributed by atoms with van der Waals surface area (Å²) in [5, 5.41) is 0. The lowest BCUT2D eigenvalue weighted by Crippen LogP contribution is -2.54. The fourth-order valence-electron chi connectivity index (χ4n) is 2.67. The highest BCUT2D eigenvalue weighted by molar-refractivity contribution is 5.85. The molecular weight excluding hydrogens is 220 g/mol. The number of primary amides is 1. The van der Waals surface area contributed by atoms with Gasteiger partial charge in [-0.15, -0.1) is 0 Å². The highest BCUT2D eigenvalue weighted by Crippen LogP contribution is 2.26. The van der Waals surface area contributed by atoms with E-state index in [0.29, 0.717) is 26.3 Å². The Morgan fingerprint density at radius 1 is 1.29 bits per heavy atom. The van der Waals surface area contributed by atoms with E-state index in [1.807, 2.05) is 4.90 Å². The largest absolute Gasteiger partial charge is 0.378 e. The van der Waals surface area contributed by atoms with E-state index in [1.165, 1.54) is 0 Å². The van der Waals surface area contributed by atoms with E-state index in [0.717, 1.165) is 25.7 Å². The Morgan fingerprint density at radius 3 is 2.65 bits per heavy atom. The normalized spacial score (nSPS) is 27.2. The molecule has 1 unspecified atom stereocenters. The molecule has 0 radical (unpaired) electrons. The lowest BCUT2D eigenvalue weighted by Gasteiger charge is -2.33. The van der Waals surface area contributed by atoms with Crippen molar-refractivity contribution in [1.29, 1.82) is 0 Å². The Kier molecular flexibility index (Phi) is 4.12. The molecule has 1 atom stereocenters. The van der Waals surface area contributed by atoms with Gasteiger partial charge in [-0.2, -0.15) is 0 Å². The van der Waals surface area contributed by atoms with Crippen molar-refractivity contribution in [2.45, 2.75) is 31.7 Å². The Hall–Kier alpha value is -0.940. The fraction of sp³-hybridized carbons (Fsp3) is 0.833. The summed E-state index contributed by atoms with van der Waals surface area (Å²) in [4.78, 5) is 25.2. The van der Waals surface area contributed by atoms with Crippen molar-refractivity contribution in [2.75, 3.05) is 26.3 Å². The third-order valence-corrected chi connectivity index (χ3v) is 3.74. The van der Waals surface area contributed by atoms with Crippen LogP contribution in [0, 0.1) is 5.92 Å². The lowest BCUT2D eigenvalue weighted by molar-refractivity contribution is -0.133. The van der Waals surface area contributed by atoms with Crippen LogP contribution in [0.25, 0.3) is 0 Å². The SMILES string of the molecule is NC(=O)C1COCCN1CC(=O)C1CCCC1. The summed E-state index contributed by atoms with van der Waals surface area (Å²) in [7, 11) is 0. The maximum Gasteiger partial charge on any atom is 0.237 e. The lowest BCUT2D eigenvalue weighted by atomic mass is 10.0. The molecule has 1 amide bonds. The van der Waals surface area contributed by atoms with Crippen LogP contribution in [0.3, 0.4) is 0 Å². The third-order valence-electron chi connectivity index (χ3n) is 3.74. The maximum absolute atomic E-state index is 12.0. The number of carbonyl (C=O) groups is 2. The number of ether oxygens (including phenoxy) is 1. The molecule has 2 aliphatic rings. The van der Waals surface area contributed by atoms with Gasteiger partial charge in [-0.1, -0.05) is 12.8 Å². The smallest absolute Gasteiger partial charge is 0.237 e. The van der Waals surface area contributed by atoms with Gasteiger partial charge in [-0.05, 0) is 12.8 Å². The van der Waals surface area contributed by atoms with Crippen molar-refractivity contribution in [3.8, 4) is 0 Å². The third kappa shape index (κ3) is 3.04. The first-order chi connectivity index (χ1) is 8.18. The second-order valence-corrected chi connectivity index (χ2v) is 4.91. The Morgan fingerprint density at radius 2 is 2.00 bits per heavy atom. The summed E-state index contributed by atoms with van der Waals surface area (Å²) in [5.74, 6) is 0.0611. The minimum Gasteiger partial charge on any atom is -0.378 e. The number of nitrogens with zero attached hydrogens (tertiary/aromatic N) is 1. The van der Waals surface area contributed by atoms with Crippen molar-refractivity contribution in [2.24, 2.45) is 11.7 Å². The molecule has 1 heterocycles. The summed E-state index contributed by atoms with van der Waals surface area (Å²) >= 11 is 0. The molecule has 1 aliphatic carbocycles. The van der Waals surface area contributed by atoms with Crippen molar-refractivity contribution >= 4 is 11.7 Å². The van der Waals surface area contributed by atoms with Crippen molar-refractivity contribution in [3.63, 3.8) is 0 Å². The van der Waals surface area contributed by atoms with Crippen molar-refractivity contribution < 1.29 is 14.3 Å². The number of Topliss-reactive ketones (excluding diaryl/α,β-unsaturated/α-hetero) is 1. The van der Waals surface area contributed by atoms with E-state index in [4.69, 9.17) is 10.5 Å². The predicted octanol–water partition coefficient (Wildman–Crippen LogP) is -0.0682. The van der Waals surface area contributed by atoms with Crippen LogP contribution in [0.5, 0.6) is 0 Å². The molecule has 1 saturated carbocycles. The number of ketones is 1. The van der Waals surface area contributed by atoms with E-state index in [1.54, 1.807) is 0 Å². The van der Waals surface area contributed by atoms with Gasteiger partial charge in [0.2, 0.25) is 5.91 Å². The zero-order valence-electron chi connectivity index (χ0n) is 10.1. The summed E-state index contributed by atoms with van der Waals surface area (Å²) in [6.07, 6.45) is 4.31. The quantitative estimate of drug-likeness (QED) is 0.746. The highest BCUT2D eigenvalue weighted by atomic mass is 16.5. The molecule has 0 aromatic carbocycles. The molecule has 0 aromatic rings. The van der Waals surface area contributed by atoms with Gasteiger partial charge in [0.1, 0.15) is 11.8 Å². The Balaban J connectivity index is 1.90. The van der Waals surface area contributed by atoms with E-state index >= 15 is 0 Å². The number of nitrogens with two attached hydrogens (primary N) is 1. The van der Waals surface area contributed by atoms with Crippen LogP contribution in [0.15, 0.2) is 0 Å². The van der Waals surface area contributed by atoms with Gasteiger partial charge in [-0.25, -0.2) is 0 Å². The second kappa shape index (κ2) is 5.60. The molecule has 1 saturated heterocycles. The van der Waals surface area contributed by atoms with Gasteiger partial charge >= 0.3 is 0 Å². The molecule has 2 rings (SSSR count). The molecule has 2 fully saturated rings. The zero-order valence-corrected chi connectivity index (χ0v) is 10.1. The molecular formula is C12H20N2O3. The number of carbonyl (C=O) groups excluding carboxylic acids is 2. The summed E-state index contributed by atoms with van der Waals surface area (Å²) in [6, 6.07) is -0.436.